The van der Waals surface area contributed by atoms with Crippen LogP contribution >= 0.6 is 0 Å². The van der Waals surface area contributed by atoms with Gasteiger partial charge in [0, 0.05) is 18.7 Å². The molecule has 0 aromatic rings. The van der Waals surface area contributed by atoms with Gasteiger partial charge in [-0.2, -0.15) is 0 Å². The van der Waals surface area contributed by atoms with Crippen molar-refractivity contribution in [1.29, 1.82) is 5.41 Å². The second-order valence-electron chi connectivity index (χ2n) is 7.57. The lowest BCUT2D eigenvalue weighted by atomic mass is 9.95. The number of hydrogen-bond donors (Lipinski definition) is 3. The lowest BCUT2D eigenvalue weighted by Gasteiger charge is -2.33. The zero-order chi connectivity index (χ0) is 19.2. The third kappa shape index (κ3) is 3.92. The van der Waals surface area contributed by atoms with Crippen LogP contribution < -0.4 is 5.73 Å². The molecule has 0 unspecified atom stereocenters. The van der Waals surface area contributed by atoms with Crippen molar-refractivity contribution in [2.75, 3.05) is 18.8 Å². The fraction of sp³-hybridized carbons (Fsp3) is 0.688. The first-order chi connectivity index (χ1) is 11.3. The van der Waals surface area contributed by atoms with Crippen molar-refractivity contribution >= 4 is 27.4 Å². The molecule has 0 atom stereocenters. The molecule has 2 amide bonds. The van der Waals surface area contributed by atoms with E-state index in [1.165, 1.54) is 25.7 Å². The Bertz CT molecular complexity index is 757. The summed E-state index contributed by atoms with van der Waals surface area (Å²) in [6, 6.07) is 0. The van der Waals surface area contributed by atoms with Crippen LogP contribution in [0.1, 0.15) is 40.0 Å². The highest BCUT2D eigenvalue weighted by atomic mass is 32.2. The zero-order valence-corrected chi connectivity index (χ0v) is 15.6. The molecule has 140 valence electrons. The molecule has 1 aliphatic carbocycles. The van der Waals surface area contributed by atoms with Crippen molar-refractivity contribution in [1.82, 2.24) is 4.90 Å². The minimum atomic E-state index is -3.57. The van der Waals surface area contributed by atoms with Crippen LogP contribution in [0.2, 0.25) is 0 Å². The number of aliphatic hydroxyl groups is 1. The summed E-state index contributed by atoms with van der Waals surface area (Å²) in [6.45, 7) is 4.72. The monoisotopic (exact) mass is 371 g/mol. The molecule has 1 aliphatic heterocycles. The predicted molar refractivity (Wildman–Crippen MR) is 92.9 cm³/mol. The van der Waals surface area contributed by atoms with Crippen molar-refractivity contribution in [3.05, 3.63) is 11.1 Å². The summed E-state index contributed by atoms with van der Waals surface area (Å²) >= 11 is 0. The number of carbonyl (C=O) groups is 2. The van der Waals surface area contributed by atoms with Gasteiger partial charge < -0.3 is 15.7 Å². The molecule has 1 saturated carbocycles. The summed E-state index contributed by atoms with van der Waals surface area (Å²) in [5, 5.41) is 17.5. The van der Waals surface area contributed by atoms with Crippen molar-refractivity contribution in [2.24, 2.45) is 5.73 Å². The average Bonchev–Trinajstić information content (AvgIpc) is 3.22. The van der Waals surface area contributed by atoms with Gasteiger partial charge in [-0.25, -0.2) is 8.42 Å². The summed E-state index contributed by atoms with van der Waals surface area (Å²) in [5.41, 5.74) is 3.98. The Balaban J connectivity index is 2.19. The topological polar surface area (TPSA) is 142 Å². The van der Waals surface area contributed by atoms with E-state index in [0.29, 0.717) is 24.8 Å². The van der Waals surface area contributed by atoms with Gasteiger partial charge in [0.15, 0.2) is 9.84 Å². The smallest absolute Gasteiger partial charge is 0.266 e. The molecule has 0 aromatic heterocycles. The SMILES string of the molecule is CC1=C(C(=N)C(N)=O)CCN(CC2(S(=O)(=O)CC(C)(C)O)CC2)C1=O. The van der Waals surface area contributed by atoms with E-state index in [4.69, 9.17) is 11.1 Å². The van der Waals surface area contributed by atoms with E-state index in [1.54, 1.807) is 0 Å². The number of hydrogen-bond acceptors (Lipinski definition) is 6. The molecule has 4 N–H and O–H groups in total. The normalized spacial score (nSPS) is 20.6. The van der Waals surface area contributed by atoms with Crippen molar-refractivity contribution < 1.29 is 23.1 Å². The number of nitrogens with two attached hydrogens (primary N) is 1. The van der Waals surface area contributed by atoms with Crippen LogP contribution in [-0.2, 0) is 19.4 Å². The Kier molecular flexibility index (Phi) is 4.86. The van der Waals surface area contributed by atoms with E-state index in [0.717, 1.165) is 0 Å². The van der Waals surface area contributed by atoms with Crippen LogP contribution in [0.5, 0.6) is 0 Å². The molecule has 8 nitrogen and oxygen atoms in total. The highest BCUT2D eigenvalue weighted by molar-refractivity contribution is 7.93. The minimum Gasteiger partial charge on any atom is -0.389 e. The van der Waals surface area contributed by atoms with Gasteiger partial charge in [0.2, 0.25) is 5.91 Å². The third-order valence-corrected chi connectivity index (χ3v) is 7.67. The van der Waals surface area contributed by atoms with Crippen LogP contribution in [0, 0.1) is 5.41 Å². The molecule has 0 saturated heterocycles. The molecule has 9 heteroatoms. The molecule has 0 spiro atoms. The van der Waals surface area contributed by atoms with Crippen molar-refractivity contribution in [2.45, 2.75) is 50.4 Å². The van der Waals surface area contributed by atoms with Gasteiger partial charge in [-0.1, -0.05) is 0 Å². The van der Waals surface area contributed by atoms with Gasteiger partial charge in [0.25, 0.3) is 5.91 Å². The molecule has 0 radical (unpaired) electrons. The van der Waals surface area contributed by atoms with Crippen molar-refractivity contribution in [3.63, 3.8) is 0 Å². The molecular formula is C16H25N3O5S. The second-order valence-corrected chi connectivity index (χ2v) is 9.96. The Morgan fingerprint density at radius 3 is 2.40 bits per heavy atom. The first-order valence-electron chi connectivity index (χ1n) is 8.12. The number of carbonyl (C=O) groups excluding carboxylic acids is 2. The summed E-state index contributed by atoms with van der Waals surface area (Å²) in [5.74, 6) is -1.62. The number of amides is 2. The summed E-state index contributed by atoms with van der Waals surface area (Å²) in [6.07, 6.45) is 1.21. The van der Waals surface area contributed by atoms with Crippen molar-refractivity contribution in [3.8, 4) is 0 Å². The standard InChI is InChI=1S/C16H25N3O5S/c1-10-11(12(17)13(18)20)4-7-19(14(10)21)8-16(5-6-16)25(23,24)9-15(2,3)22/h17,22H,4-9H2,1-3H3,(H2,18,20). The summed E-state index contributed by atoms with van der Waals surface area (Å²) in [7, 11) is -3.57. The Hall–Kier alpha value is -1.74. The van der Waals surface area contributed by atoms with Gasteiger partial charge >= 0.3 is 0 Å². The maximum atomic E-state index is 12.6. The fourth-order valence-electron chi connectivity index (χ4n) is 3.19. The summed E-state index contributed by atoms with van der Waals surface area (Å²) in [4.78, 5) is 25.2. The number of nitrogens with one attached hydrogen (secondary N) is 1. The largest absolute Gasteiger partial charge is 0.389 e. The lowest BCUT2D eigenvalue weighted by molar-refractivity contribution is -0.127. The van der Waals surface area contributed by atoms with Gasteiger partial charge in [0.1, 0.15) is 5.71 Å². The number of rotatable bonds is 7. The molecule has 2 rings (SSSR count). The van der Waals surface area contributed by atoms with E-state index < -0.39 is 26.1 Å². The Morgan fingerprint density at radius 1 is 1.40 bits per heavy atom. The predicted octanol–water partition coefficient (Wildman–Crippen LogP) is -0.241. The van der Waals surface area contributed by atoms with Crippen LogP contribution in [0.4, 0.5) is 0 Å². The second kappa shape index (κ2) is 6.21. The van der Waals surface area contributed by atoms with E-state index in [2.05, 4.69) is 0 Å². The maximum absolute atomic E-state index is 12.6. The highest BCUT2D eigenvalue weighted by Gasteiger charge is 2.56. The van der Waals surface area contributed by atoms with E-state index in [-0.39, 0.29) is 36.0 Å². The molecule has 0 aromatic carbocycles. The Labute approximate surface area is 147 Å². The fourth-order valence-corrected chi connectivity index (χ4v) is 5.50. The molecule has 1 heterocycles. The molecule has 25 heavy (non-hydrogen) atoms. The van der Waals surface area contributed by atoms with Crippen LogP contribution in [0.15, 0.2) is 11.1 Å². The van der Waals surface area contributed by atoms with Gasteiger partial charge in [-0.05, 0) is 45.6 Å². The Morgan fingerprint density at radius 2 is 1.96 bits per heavy atom. The molecule has 0 bridgehead atoms. The summed E-state index contributed by atoms with van der Waals surface area (Å²) < 4.78 is 24.3. The lowest BCUT2D eigenvalue weighted by Crippen LogP contribution is -2.48. The molecular weight excluding hydrogens is 346 g/mol. The van der Waals surface area contributed by atoms with E-state index in [1.807, 2.05) is 0 Å². The van der Waals surface area contributed by atoms with Crippen LogP contribution in [-0.4, -0.2) is 65.1 Å². The van der Waals surface area contributed by atoms with Gasteiger partial charge in [0.05, 0.1) is 16.1 Å². The molecule has 2 aliphatic rings. The average molecular weight is 371 g/mol. The number of sulfone groups is 1. The number of nitrogens with zero attached hydrogens (tertiary/aromatic N) is 1. The van der Waals surface area contributed by atoms with Gasteiger partial charge in [-0.15, -0.1) is 0 Å². The first-order valence-corrected chi connectivity index (χ1v) is 9.77. The third-order valence-electron chi connectivity index (χ3n) is 4.73. The van der Waals surface area contributed by atoms with E-state index >= 15 is 0 Å². The first kappa shape index (κ1) is 19.6. The minimum absolute atomic E-state index is 0.0682. The number of primary amides is 1. The zero-order valence-electron chi connectivity index (χ0n) is 14.8. The van der Waals surface area contributed by atoms with Gasteiger partial charge in [-0.3, -0.25) is 15.0 Å². The van der Waals surface area contributed by atoms with Crippen LogP contribution in [0.3, 0.4) is 0 Å². The highest BCUT2D eigenvalue weighted by Crippen LogP contribution is 2.46. The van der Waals surface area contributed by atoms with E-state index in [9.17, 15) is 23.1 Å². The maximum Gasteiger partial charge on any atom is 0.266 e. The molecule has 1 fully saturated rings. The van der Waals surface area contributed by atoms with Crippen LogP contribution in [0.25, 0.3) is 0 Å². The quantitative estimate of drug-likeness (QED) is 0.529.